The number of nitrogens with zero attached hydrogens (tertiary/aromatic N) is 1. The fourth-order valence-electron chi connectivity index (χ4n) is 2.23. The summed E-state index contributed by atoms with van der Waals surface area (Å²) in [4.78, 5) is 12.3. The van der Waals surface area contributed by atoms with E-state index in [1.165, 1.54) is 0 Å². The highest BCUT2D eigenvalue weighted by atomic mass is 32.2. The van der Waals surface area contributed by atoms with Crippen LogP contribution in [0.3, 0.4) is 0 Å². The smallest absolute Gasteiger partial charge is 0.239 e. The first-order valence-electron chi connectivity index (χ1n) is 7.53. The van der Waals surface area contributed by atoms with Gasteiger partial charge in [0.05, 0.1) is 11.4 Å². The molecule has 3 rings (SSSR count). The van der Waals surface area contributed by atoms with Gasteiger partial charge in [-0.2, -0.15) is 0 Å². The molecule has 1 amide bonds. The van der Waals surface area contributed by atoms with Crippen molar-refractivity contribution in [2.45, 2.75) is 24.9 Å². The molecule has 1 N–H and O–H groups in total. The number of carbonyl (C=O) groups is 1. The van der Waals surface area contributed by atoms with Crippen molar-refractivity contribution >= 4 is 22.4 Å². The van der Waals surface area contributed by atoms with Crippen LogP contribution < -0.4 is 14.8 Å². The van der Waals surface area contributed by atoms with E-state index < -0.39 is 16.0 Å². The highest BCUT2D eigenvalue weighted by Gasteiger charge is 2.22. The zero-order valence-electron chi connectivity index (χ0n) is 13.4. The minimum atomic E-state index is -1.41. The van der Waals surface area contributed by atoms with Gasteiger partial charge in [-0.3, -0.25) is 9.00 Å². The first-order chi connectivity index (χ1) is 11.5. The monoisotopic (exact) mass is 350 g/mol. The molecule has 8 heteroatoms. The first-order valence-corrected chi connectivity index (χ1v) is 8.91. The minimum absolute atomic E-state index is 0.149. The standard InChI is InChI=1S/C16H18N2O5S/c1-10-7-13(23-18-10)9-24(20)11(2)16(19)17-12-3-4-14-15(8-12)22-6-5-21-14/h3-4,7-8,11H,5-6,9H2,1-2H3,(H,17,19). The van der Waals surface area contributed by atoms with Crippen molar-refractivity contribution in [2.24, 2.45) is 0 Å². The lowest BCUT2D eigenvalue weighted by Crippen LogP contribution is -2.29. The van der Waals surface area contributed by atoms with Gasteiger partial charge in [-0.05, 0) is 26.0 Å². The van der Waals surface area contributed by atoms with E-state index in [0.29, 0.717) is 36.2 Å². The van der Waals surface area contributed by atoms with Gasteiger partial charge < -0.3 is 19.3 Å². The summed E-state index contributed by atoms with van der Waals surface area (Å²) in [7, 11) is -1.41. The molecule has 1 aromatic carbocycles. The molecule has 1 aliphatic heterocycles. The summed E-state index contributed by atoms with van der Waals surface area (Å²) in [6.45, 7) is 4.39. The van der Waals surface area contributed by atoms with Gasteiger partial charge in [-0.15, -0.1) is 0 Å². The minimum Gasteiger partial charge on any atom is -0.486 e. The lowest BCUT2D eigenvalue weighted by atomic mass is 10.2. The van der Waals surface area contributed by atoms with Gasteiger partial charge in [0.1, 0.15) is 24.2 Å². The molecule has 7 nitrogen and oxygen atoms in total. The van der Waals surface area contributed by atoms with Crippen LogP contribution in [0.4, 0.5) is 5.69 Å². The lowest BCUT2D eigenvalue weighted by Gasteiger charge is -2.19. The molecule has 24 heavy (non-hydrogen) atoms. The number of rotatable bonds is 5. The molecule has 2 atom stereocenters. The van der Waals surface area contributed by atoms with E-state index in [-0.39, 0.29) is 11.7 Å². The maximum absolute atomic E-state index is 12.3. The third-order valence-electron chi connectivity index (χ3n) is 3.53. The van der Waals surface area contributed by atoms with E-state index in [9.17, 15) is 9.00 Å². The Labute approximate surface area is 141 Å². The summed E-state index contributed by atoms with van der Waals surface area (Å²) in [6, 6.07) is 6.87. The third-order valence-corrected chi connectivity index (χ3v) is 5.11. The molecular weight excluding hydrogens is 332 g/mol. The molecule has 0 fully saturated rings. The molecule has 2 unspecified atom stereocenters. The molecular formula is C16H18N2O5S. The number of carbonyl (C=O) groups excluding carboxylic acids is 1. The molecule has 0 saturated carbocycles. The molecule has 0 bridgehead atoms. The largest absolute Gasteiger partial charge is 0.486 e. The fraction of sp³-hybridized carbons (Fsp3) is 0.375. The fourth-order valence-corrected chi connectivity index (χ4v) is 3.20. The van der Waals surface area contributed by atoms with Crippen molar-refractivity contribution < 1.29 is 23.0 Å². The quantitative estimate of drug-likeness (QED) is 0.887. The molecule has 1 aliphatic rings. The Bertz CT molecular complexity index is 774. The van der Waals surface area contributed by atoms with Crippen molar-refractivity contribution in [2.75, 3.05) is 18.5 Å². The molecule has 0 radical (unpaired) electrons. The predicted octanol–water partition coefficient (Wildman–Crippen LogP) is 2.03. The van der Waals surface area contributed by atoms with Crippen molar-refractivity contribution in [3.63, 3.8) is 0 Å². The highest BCUT2D eigenvalue weighted by molar-refractivity contribution is 7.85. The molecule has 0 spiro atoms. The average Bonchev–Trinajstić information content (AvgIpc) is 2.98. The van der Waals surface area contributed by atoms with Crippen LogP contribution in [0.25, 0.3) is 0 Å². The van der Waals surface area contributed by atoms with E-state index >= 15 is 0 Å². The van der Waals surface area contributed by atoms with Gasteiger partial charge in [0, 0.05) is 28.6 Å². The summed E-state index contributed by atoms with van der Waals surface area (Å²) in [5.41, 5.74) is 1.29. The van der Waals surface area contributed by atoms with Crippen LogP contribution in [0.15, 0.2) is 28.8 Å². The number of ether oxygens (including phenoxy) is 2. The highest BCUT2D eigenvalue weighted by Crippen LogP contribution is 2.32. The number of aromatic nitrogens is 1. The summed E-state index contributed by atoms with van der Waals surface area (Å²) in [5.74, 6) is 1.56. The van der Waals surface area contributed by atoms with Crippen LogP contribution >= 0.6 is 0 Å². The molecule has 0 saturated heterocycles. The first kappa shape index (κ1) is 16.5. The van der Waals surface area contributed by atoms with Gasteiger partial charge in [0.2, 0.25) is 5.91 Å². The molecule has 0 aliphatic carbocycles. The summed E-state index contributed by atoms with van der Waals surface area (Å²) >= 11 is 0. The van der Waals surface area contributed by atoms with Crippen LogP contribution in [-0.2, 0) is 21.3 Å². The normalized spacial score (nSPS) is 15.6. The number of nitrogens with one attached hydrogen (secondary N) is 1. The molecule has 2 heterocycles. The van der Waals surface area contributed by atoms with Crippen molar-refractivity contribution in [1.82, 2.24) is 5.16 Å². The van der Waals surface area contributed by atoms with Crippen molar-refractivity contribution in [3.8, 4) is 11.5 Å². The Morgan fingerprint density at radius 1 is 1.29 bits per heavy atom. The van der Waals surface area contributed by atoms with E-state index in [4.69, 9.17) is 14.0 Å². The predicted molar refractivity (Wildman–Crippen MR) is 88.6 cm³/mol. The van der Waals surface area contributed by atoms with Crippen LogP contribution in [0.2, 0.25) is 0 Å². The van der Waals surface area contributed by atoms with Crippen molar-refractivity contribution in [3.05, 3.63) is 35.7 Å². The van der Waals surface area contributed by atoms with E-state index in [1.54, 1.807) is 38.1 Å². The second-order valence-electron chi connectivity index (χ2n) is 5.45. The van der Waals surface area contributed by atoms with Crippen LogP contribution in [0.5, 0.6) is 11.5 Å². The average molecular weight is 350 g/mol. The Morgan fingerprint density at radius 3 is 2.75 bits per heavy atom. The van der Waals surface area contributed by atoms with Gasteiger partial charge in [-0.25, -0.2) is 0 Å². The second-order valence-corrected chi connectivity index (χ2v) is 7.21. The zero-order valence-corrected chi connectivity index (χ0v) is 14.2. The SMILES string of the molecule is Cc1cc(CS(=O)C(C)C(=O)Nc2ccc3c(c2)OCCO3)on1. The maximum Gasteiger partial charge on any atom is 0.239 e. The van der Waals surface area contributed by atoms with Crippen molar-refractivity contribution in [1.29, 1.82) is 0 Å². The zero-order chi connectivity index (χ0) is 17.1. The van der Waals surface area contributed by atoms with E-state index in [0.717, 1.165) is 5.69 Å². The number of amides is 1. The Kier molecular flexibility index (Phi) is 4.84. The number of benzene rings is 1. The molecule has 128 valence electrons. The molecule has 2 aromatic rings. The lowest BCUT2D eigenvalue weighted by molar-refractivity contribution is -0.115. The number of aryl methyl sites for hydroxylation is 1. The summed E-state index contributed by atoms with van der Waals surface area (Å²) in [6.07, 6.45) is 0. The van der Waals surface area contributed by atoms with Crippen LogP contribution in [-0.4, -0.2) is 33.7 Å². The number of hydrogen-bond acceptors (Lipinski definition) is 6. The maximum atomic E-state index is 12.3. The third kappa shape index (κ3) is 3.76. The number of hydrogen-bond donors (Lipinski definition) is 1. The van der Waals surface area contributed by atoms with Crippen LogP contribution in [0, 0.1) is 6.92 Å². The Hall–Kier alpha value is -2.35. The van der Waals surface area contributed by atoms with Gasteiger partial charge in [-0.1, -0.05) is 5.16 Å². The van der Waals surface area contributed by atoms with E-state index in [1.807, 2.05) is 0 Å². The number of fused-ring (bicyclic) bond motifs is 1. The van der Waals surface area contributed by atoms with Gasteiger partial charge in [0.25, 0.3) is 0 Å². The summed E-state index contributed by atoms with van der Waals surface area (Å²) < 4.78 is 28.3. The van der Waals surface area contributed by atoms with Gasteiger partial charge >= 0.3 is 0 Å². The summed E-state index contributed by atoms with van der Waals surface area (Å²) in [5, 5.41) is 5.81. The topological polar surface area (TPSA) is 90.7 Å². The van der Waals surface area contributed by atoms with E-state index in [2.05, 4.69) is 10.5 Å². The Balaban J connectivity index is 1.62. The molecule has 1 aromatic heterocycles. The number of anilines is 1. The van der Waals surface area contributed by atoms with Crippen LogP contribution in [0.1, 0.15) is 18.4 Å². The van der Waals surface area contributed by atoms with Gasteiger partial charge in [0.15, 0.2) is 11.5 Å². The Morgan fingerprint density at radius 2 is 2.04 bits per heavy atom. The second kappa shape index (κ2) is 7.04.